The molecule has 0 saturated carbocycles. The first-order valence-corrected chi connectivity index (χ1v) is 5.67. The highest BCUT2D eigenvalue weighted by molar-refractivity contribution is 5.88. The molecule has 0 amide bonds. The summed E-state index contributed by atoms with van der Waals surface area (Å²) in [6, 6.07) is 5.84. The molecule has 2 rings (SSSR count). The number of hydrogen-bond donors (Lipinski definition) is 1. The highest BCUT2D eigenvalue weighted by Crippen LogP contribution is 2.31. The fourth-order valence-electron chi connectivity index (χ4n) is 1.75. The normalized spacial score (nSPS) is 10.2. The number of nitrogens with zero attached hydrogens (tertiary/aromatic N) is 1. The van der Waals surface area contributed by atoms with Crippen LogP contribution in [-0.4, -0.2) is 16.0 Å². The summed E-state index contributed by atoms with van der Waals surface area (Å²) < 4.78 is 10.4. The summed E-state index contributed by atoms with van der Waals surface area (Å²) in [6.07, 6.45) is 1.23. The fourth-order valence-corrected chi connectivity index (χ4v) is 1.75. The van der Waals surface area contributed by atoms with Crippen LogP contribution in [0.1, 0.15) is 21.7 Å². The number of para-hydroxylation sites is 1. The first-order chi connectivity index (χ1) is 9.50. The Morgan fingerprint density at radius 3 is 2.85 bits per heavy atom. The van der Waals surface area contributed by atoms with Gasteiger partial charge in [0.1, 0.15) is 12.2 Å². The number of rotatable bonds is 5. The van der Waals surface area contributed by atoms with Crippen LogP contribution in [0.25, 0.3) is 0 Å². The molecule has 0 fully saturated rings. The Morgan fingerprint density at radius 1 is 1.45 bits per heavy atom. The van der Waals surface area contributed by atoms with Crippen molar-refractivity contribution in [3.63, 3.8) is 0 Å². The first kappa shape index (κ1) is 13.6. The molecule has 1 aromatic heterocycles. The molecule has 0 aliphatic heterocycles. The van der Waals surface area contributed by atoms with Crippen LogP contribution in [-0.2, 0) is 6.61 Å². The van der Waals surface area contributed by atoms with Crippen LogP contribution in [0.3, 0.4) is 0 Å². The molecule has 20 heavy (non-hydrogen) atoms. The molecule has 1 N–H and O–H groups in total. The van der Waals surface area contributed by atoms with E-state index >= 15 is 0 Å². The second kappa shape index (κ2) is 5.43. The van der Waals surface area contributed by atoms with E-state index in [1.807, 2.05) is 0 Å². The average molecular weight is 277 g/mol. The predicted octanol–water partition coefficient (Wildman–Crippen LogP) is 2.77. The summed E-state index contributed by atoms with van der Waals surface area (Å²) in [6.45, 7) is 1.48. The summed E-state index contributed by atoms with van der Waals surface area (Å²) in [5.74, 6) is -0.933. The second-order valence-corrected chi connectivity index (χ2v) is 4.03. The third kappa shape index (κ3) is 2.61. The van der Waals surface area contributed by atoms with Crippen molar-refractivity contribution >= 4 is 11.7 Å². The van der Waals surface area contributed by atoms with E-state index in [2.05, 4.69) is 0 Å². The lowest BCUT2D eigenvalue weighted by Crippen LogP contribution is -2.04. The van der Waals surface area contributed by atoms with Gasteiger partial charge in [-0.2, -0.15) is 0 Å². The number of hydrogen-bond acceptors (Lipinski definition) is 5. The quantitative estimate of drug-likeness (QED) is 0.665. The highest BCUT2D eigenvalue weighted by Gasteiger charge is 2.19. The molecule has 0 aliphatic rings. The van der Waals surface area contributed by atoms with Gasteiger partial charge < -0.3 is 14.3 Å². The minimum absolute atomic E-state index is 0.0266. The van der Waals surface area contributed by atoms with Crippen molar-refractivity contribution < 1.29 is 24.0 Å². The maximum atomic E-state index is 10.9. The van der Waals surface area contributed by atoms with Gasteiger partial charge in [0, 0.05) is 6.07 Å². The van der Waals surface area contributed by atoms with Crippen molar-refractivity contribution in [1.82, 2.24) is 0 Å². The van der Waals surface area contributed by atoms with Gasteiger partial charge in [-0.15, -0.1) is 0 Å². The number of nitro groups is 1. The summed E-state index contributed by atoms with van der Waals surface area (Å²) in [5.41, 5.74) is 0.386. The summed E-state index contributed by atoms with van der Waals surface area (Å²) in [7, 11) is 0. The molecule has 0 atom stereocenters. The molecule has 1 aromatic carbocycles. The lowest BCUT2D eigenvalue weighted by atomic mass is 10.2. The van der Waals surface area contributed by atoms with Gasteiger partial charge in [0.25, 0.3) is 0 Å². The molecular formula is C13H11NO6. The van der Waals surface area contributed by atoms with Gasteiger partial charge in [0.15, 0.2) is 5.76 Å². The molecule has 0 aliphatic carbocycles. The Balaban J connectivity index is 2.25. The van der Waals surface area contributed by atoms with Crippen LogP contribution in [0.5, 0.6) is 5.75 Å². The van der Waals surface area contributed by atoms with E-state index in [0.717, 1.165) is 0 Å². The van der Waals surface area contributed by atoms with Gasteiger partial charge in [0.05, 0.1) is 11.2 Å². The lowest BCUT2D eigenvalue weighted by molar-refractivity contribution is -0.386. The van der Waals surface area contributed by atoms with E-state index in [4.69, 9.17) is 14.3 Å². The third-order valence-corrected chi connectivity index (χ3v) is 2.71. The van der Waals surface area contributed by atoms with Gasteiger partial charge in [-0.3, -0.25) is 10.1 Å². The molecule has 2 aromatic rings. The summed E-state index contributed by atoms with van der Waals surface area (Å²) >= 11 is 0. The maximum absolute atomic E-state index is 10.9. The number of furan rings is 1. The van der Waals surface area contributed by atoms with Crippen LogP contribution in [0.4, 0.5) is 5.69 Å². The smallest absolute Gasteiger partial charge is 0.339 e. The molecule has 7 nitrogen and oxygen atoms in total. The highest BCUT2D eigenvalue weighted by atomic mass is 16.6. The van der Waals surface area contributed by atoms with Crippen molar-refractivity contribution in [2.24, 2.45) is 0 Å². The van der Waals surface area contributed by atoms with Crippen LogP contribution >= 0.6 is 0 Å². The van der Waals surface area contributed by atoms with Crippen molar-refractivity contribution in [1.29, 1.82) is 0 Å². The Bertz CT molecular complexity index is 661. The van der Waals surface area contributed by atoms with E-state index < -0.39 is 10.9 Å². The number of benzene rings is 1. The van der Waals surface area contributed by atoms with Crippen LogP contribution in [0.2, 0.25) is 0 Å². The molecule has 104 valence electrons. The molecule has 1 heterocycles. The zero-order valence-electron chi connectivity index (χ0n) is 10.5. The van der Waals surface area contributed by atoms with Crippen molar-refractivity contribution in [3.05, 3.63) is 57.5 Å². The van der Waals surface area contributed by atoms with Crippen LogP contribution in [0.15, 0.2) is 34.9 Å². The maximum Gasteiger partial charge on any atom is 0.339 e. The van der Waals surface area contributed by atoms with E-state index in [0.29, 0.717) is 5.56 Å². The lowest BCUT2D eigenvalue weighted by Gasteiger charge is -2.08. The number of aryl methyl sites for hydroxylation is 1. The average Bonchev–Trinajstić information content (AvgIpc) is 2.85. The summed E-state index contributed by atoms with van der Waals surface area (Å²) in [4.78, 5) is 21.3. The number of carbonyl (C=O) groups is 1. The number of carboxylic acid groups (broad SMARTS) is 1. The van der Waals surface area contributed by atoms with Crippen LogP contribution in [0, 0.1) is 17.0 Å². The Morgan fingerprint density at radius 2 is 2.20 bits per heavy atom. The van der Waals surface area contributed by atoms with E-state index in [-0.39, 0.29) is 29.4 Å². The molecule has 0 spiro atoms. The number of nitro benzene ring substituents is 1. The fraction of sp³-hybridized carbons (Fsp3) is 0.154. The number of ether oxygens (including phenoxy) is 1. The van der Waals surface area contributed by atoms with Crippen molar-refractivity contribution in [2.75, 3.05) is 0 Å². The molecule has 7 heteroatoms. The standard InChI is InChI=1S/C13H11NO6/c1-8-3-2-4-10(14(17)18)12(8)20-7-11-9(13(15)16)5-6-19-11/h2-6H,7H2,1H3,(H,15,16). The van der Waals surface area contributed by atoms with Crippen LogP contribution < -0.4 is 4.74 Å². The molecule has 0 radical (unpaired) electrons. The second-order valence-electron chi connectivity index (χ2n) is 4.03. The first-order valence-electron chi connectivity index (χ1n) is 5.67. The predicted molar refractivity (Wildman–Crippen MR) is 67.8 cm³/mol. The Kier molecular flexibility index (Phi) is 3.69. The van der Waals surface area contributed by atoms with Crippen molar-refractivity contribution in [3.8, 4) is 5.75 Å². The number of aromatic carboxylic acids is 1. The molecule has 0 unspecified atom stereocenters. The molecule has 0 saturated heterocycles. The van der Waals surface area contributed by atoms with E-state index in [1.54, 1.807) is 19.1 Å². The Labute approximate surface area is 113 Å². The van der Waals surface area contributed by atoms with Gasteiger partial charge in [-0.1, -0.05) is 12.1 Å². The van der Waals surface area contributed by atoms with Gasteiger partial charge >= 0.3 is 11.7 Å². The molecular weight excluding hydrogens is 266 g/mol. The zero-order chi connectivity index (χ0) is 14.7. The number of carboxylic acids is 1. The minimum atomic E-state index is -1.14. The SMILES string of the molecule is Cc1cccc([N+](=O)[O-])c1OCc1occc1C(=O)O. The van der Waals surface area contributed by atoms with Gasteiger partial charge in [-0.25, -0.2) is 4.79 Å². The molecule has 0 bridgehead atoms. The summed E-state index contributed by atoms with van der Waals surface area (Å²) in [5, 5.41) is 19.8. The zero-order valence-corrected chi connectivity index (χ0v) is 10.5. The minimum Gasteiger partial charge on any atom is -0.478 e. The van der Waals surface area contributed by atoms with Gasteiger partial charge in [-0.05, 0) is 18.6 Å². The largest absolute Gasteiger partial charge is 0.478 e. The Hall–Kier alpha value is -2.83. The van der Waals surface area contributed by atoms with Crippen molar-refractivity contribution in [2.45, 2.75) is 13.5 Å². The monoisotopic (exact) mass is 277 g/mol. The van der Waals surface area contributed by atoms with E-state index in [9.17, 15) is 14.9 Å². The third-order valence-electron chi connectivity index (χ3n) is 2.71. The van der Waals surface area contributed by atoms with E-state index in [1.165, 1.54) is 18.4 Å². The topological polar surface area (TPSA) is 103 Å². The van der Waals surface area contributed by atoms with Gasteiger partial charge in [0.2, 0.25) is 5.75 Å².